The normalized spacial score (nSPS) is 17.0. The number of hydrogen-bond acceptors (Lipinski definition) is 6. The number of benzene rings is 2. The topological polar surface area (TPSA) is 83.3 Å². The molecule has 44 heavy (non-hydrogen) atoms. The Morgan fingerprint density at radius 3 is 1.57 bits per heavy atom. The van der Waals surface area contributed by atoms with Crippen LogP contribution in [0.5, 0.6) is 0 Å². The van der Waals surface area contributed by atoms with E-state index in [0.29, 0.717) is 0 Å². The van der Waals surface area contributed by atoms with Crippen molar-refractivity contribution in [3.05, 3.63) is 77.5 Å². The predicted octanol–water partition coefficient (Wildman–Crippen LogP) is 7.84. The fourth-order valence-corrected chi connectivity index (χ4v) is 5.81. The van der Waals surface area contributed by atoms with Gasteiger partial charge in [-0.05, 0) is 24.1 Å². The molecule has 248 valence electrons. The molecule has 0 aliphatic carbocycles. The summed E-state index contributed by atoms with van der Waals surface area (Å²) in [5.74, 6) is 1.11. The van der Waals surface area contributed by atoms with Crippen LogP contribution in [-0.4, -0.2) is 45.8 Å². The van der Waals surface area contributed by atoms with Crippen LogP contribution in [0.1, 0.15) is 127 Å². The molecule has 2 atom stereocenters. The van der Waals surface area contributed by atoms with Gasteiger partial charge in [-0.2, -0.15) is 0 Å². The molecule has 7 nitrogen and oxygen atoms in total. The molecule has 1 aliphatic rings. The Kier molecular flexibility index (Phi) is 19.2. The molecular weight excluding hydrogens is 572 g/mol. The molecule has 0 spiro atoms. The number of hydrogen-bond donors (Lipinski definition) is 1. The summed E-state index contributed by atoms with van der Waals surface area (Å²) in [6.07, 6.45) is 22.3. The lowest BCUT2D eigenvalue weighted by Crippen LogP contribution is -3.11. The highest BCUT2D eigenvalue weighted by molar-refractivity contribution is 7.80. The molecule has 0 fully saturated rings. The molecular formula is C36H58N2O5S. The molecule has 3 rings (SSSR count). The van der Waals surface area contributed by atoms with Crippen LogP contribution < -0.4 is 5.01 Å². The average Bonchev–Trinajstić information content (AvgIpc) is 3.28. The van der Waals surface area contributed by atoms with Crippen molar-refractivity contribution in [3.63, 3.8) is 0 Å². The van der Waals surface area contributed by atoms with E-state index in [-0.39, 0.29) is 6.04 Å². The van der Waals surface area contributed by atoms with Gasteiger partial charge in [0, 0.05) is 12.6 Å². The number of unbranched alkanes of at least 4 members (excludes halogenated alkanes) is 15. The molecule has 8 heteroatoms. The maximum atomic E-state index is 9.22. The van der Waals surface area contributed by atoms with Crippen LogP contribution in [0.2, 0.25) is 0 Å². The minimum absolute atomic E-state index is 0.146. The van der Waals surface area contributed by atoms with Gasteiger partial charge in [0.25, 0.3) is 0 Å². The fraction of sp³-hybridized carbons (Fsp3) is 0.611. The monoisotopic (exact) mass is 630 g/mol. The van der Waals surface area contributed by atoms with E-state index in [2.05, 4.69) is 90.9 Å². The van der Waals surface area contributed by atoms with Crippen molar-refractivity contribution in [2.45, 2.75) is 116 Å². The van der Waals surface area contributed by atoms with Crippen molar-refractivity contribution < 1.29 is 26.9 Å². The van der Waals surface area contributed by atoms with Gasteiger partial charge in [0.15, 0.2) is 11.5 Å². The molecule has 0 aromatic heterocycles. The lowest BCUT2D eigenvalue weighted by molar-refractivity contribution is -0.928. The van der Waals surface area contributed by atoms with E-state index in [4.69, 9.17) is 4.74 Å². The Labute approximate surface area is 268 Å². The smallest absolute Gasteiger partial charge is 0.217 e. The molecule has 0 saturated heterocycles. The first-order valence-electron chi connectivity index (χ1n) is 16.9. The van der Waals surface area contributed by atoms with Crippen LogP contribution in [0, 0.1) is 0 Å². The zero-order valence-electron chi connectivity index (χ0n) is 27.8. The van der Waals surface area contributed by atoms with Gasteiger partial charge in [-0.15, -0.1) is 5.01 Å². The molecule has 1 N–H and O–H groups in total. The highest BCUT2D eigenvalue weighted by Gasteiger charge is 2.42. The van der Waals surface area contributed by atoms with Crippen LogP contribution in [0.3, 0.4) is 0 Å². The summed E-state index contributed by atoms with van der Waals surface area (Å²) >= 11 is 0. The van der Waals surface area contributed by atoms with Gasteiger partial charge in [-0.3, -0.25) is 4.18 Å². The number of nitrogens with one attached hydrogen (secondary N) is 1. The molecule has 0 radical (unpaired) electrons. The highest BCUT2D eigenvalue weighted by atomic mass is 32.3. The highest BCUT2D eigenvalue weighted by Crippen LogP contribution is 2.34. The first-order valence-corrected chi connectivity index (χ1v) is 18.2. The summed E-state index contributed by atoms with van der Waals surface area (Å²) in [7, 11) is 0.817. The number of likely N-dealkylation sites (N-methyl/N-ethyl adjacent to an activating group) is 1. The zero-order chi connectivity index (χ0) is 32.0. The van der Waals surface area contributed by atoms with E-state index < -0.39 is 10.4 Å². The molecule has 2 aromatic carbocycles. The summed E-state index contributed by atoms with van der Waals surface area (Å²) in [6, 6.07) is 21.7. The quantitative estimate of drug-likeness (QED) is 0.0860. The number of quaternary nitrogens is 1. The third kappa shape index (κ3) is 14.7. The largest absolute Gasteiger partial charge is 0.726 e. The van der Waals surface area contributed by atoms with E-state index >= 15 is 0 Å². The standard InChI is InChI=1S/C35H54N2O.CH4O4S/c1-4-5-6-7-8-9-10-11-12-13-14-15-16-17-18-25-30-38-35-33(31-26-21-19-22-27-31)36(2)37(3)34(35)32-28-23-20-24-29-32;1-5-6(2,3)4/h19-24,26-29,33H,4-18,25,30H2,1-3H3;1H3,(H,2,3,4). The van der Waals surface area contributed by atoms with E-state index in [1.54, 1.807) is 0 Å². The van der Waals surface area contributed by atoms with Crippen LogP contribution in [0.25, 0.3) is 5.70 Å². The van der Waals surface area contributed by atoms with Crippen LogP contribution >= 0.6 is 0 Å². The predicted molar refractivity (Wildman–Crippen MR) is 179 cm³/mol. The second kappa shape index (κ2) is 22.3. The molecule has 0 amide bonds. The molecule has 1 heterocycles. The van der Waals surface area contributed by atoms with Crippen LogP contribution in [0.15, 0.2) is 66.4 Å². The van der Waals surface area contributed by atoms with Gasteiger partial charge in [0.05, 0.1) is 20.8 Å². The number of nitrogens with zero attached hydrogens (tertiary/aromatic N) is 1. The van der Waals surface area contributed by atoms with Gasteiger partial charge in [0.1, 0.15) is 6.04 Å². The summed E-state index contributed by atoms with van der Waals surface area (Å²) in [5, 5.41) is 3.66. The first kappa shape index (κ1) is 38.0. The molecule has 2 aromatic rings. The molecule has 0 bridgehead atoms. The van der Waals surface area contributed by atoms with Gasteiger partial charge in [0.2, 0.25) is 10.4 Å². The number of ether oxygens (including phenoxy) is 1. The van der Waals surface area contributed by atoms with Crippen LogP contribution in [-0.2, 0) is 19.3 Å². The zero-order valence-corrected chi connectivity index (χ0v) is 28.6. The Morgan fingerprint density at radius 2 is 1.14 bits per heavy atom. The van der Waals surface area contributed by atoms with Crippen molar-refractivity contribution >= 4 is 16.1 Å². The van der Waals surface area contributed by atoms with Crippen molar-refractivity contribution in [1.29, 1.82) is 0 Å². The first-order chi connectivity index (χ1) is 21.3. The second-order valence-corrected chi connectivity index (χ2v) is 13.0. The third-order valence-electron chi connectivity index (χ3n) is 8.41. The molecule has 2 unspecified atom stereocenters. The Hall–Kier alpha value is -2.23. The minimum atomic E-state index is -4.41. The van der Waals surface area contributed by atoms with Gasteiger partial charge >= 0.3 is 0 Å². The van der Waals surface area contributed by atoms with Gasteiger partial charge in [-0.25, -0.2) is 13.4 Å². The Morgan fingerprint density at radius 1 is 0.727 bits per heavy atom. The van der Waals surface area contributed by atoms with E-state index in [1.165, 1.54) is 118 Å². The van der Waals surface area contributed by atoms with E-state index in [1.807, 2.05) is 0 Å². The van der Waals surface area contributed by atoms with Crippen LogP contribution in [0.4, 0.5) is 0 Å². The van der Waals surface area contributed by atoms with Gasteiger partial charge < -0.3 is 9.29 Å². The van der Waals surface area contributed by atoms with Crippen molar-refractivity contribution in [2.24, 2.45) is 0 Å². The Bertz CT molecular complexity index is 1140. The fourth-order valence-electron chi connectivity index (χ4n) is 5.81. The maximum absolute atomic E-state index is 9.22. The van der Waals surface area contributed by atoms with Crippen molar-refractivity contribution in [1.82, 2.24) is 5.01 Å². The average molecular weight is 631 g/mol. The van der Waals surface area contributed by atoms with E-state index in [9.17, 15) is 13.0 Å². The van der Waals surface area contributed by atoms with Gasteiger partial charge in [-0.1, -0.05) is 152 Å². The molecule has 1 aliphatic heterocycles. The second-order valence-electron chi connectivity index (χ2n) is 11.8. The lowest BCUT2D eigenvalue weighted by atomic mass is 10.0. The van der Waals surface area contributed by atoms with Crippen molar-refractivity contribution in [3.8, 4) is 0 Å². The summed E-state index contributed by atoms with van der Waals surface area (Å²) in [4.78, 5) is 0. The summed E-state index contributed by atoms with van der Waals surface area (Å²) in [5.41, 5.74) is 3.80. The number of rotatable bonds is 21. The maximum Gasteiger partial charge on any atom is 0.217 e. The summed E-state index contributed by atoms with van der Waals surface area (Å²) in [6.45, 7) is 3.10. The van der Waals surface area contributed by atoms with Crippen molar-refractivity contribution in [2.75, 3.05) is 27.8 Å². The SMILES string of the molecule is CCCCCCCCCCCCCCCCCCOC1=C(c2ccccc2)[NH+](C)N(C)C1c1ccccc1.COS(=O)(=O)[O-]. The van der Waals surface area contributed by atoms with E-state index in [0.717, 1.165) is 25.9 Å². The lowest BCUT2D eigenvalue weighted by Gasteiger charge is -2.23. The summed E-state index contributed by atoms with van der Waals surface area (Å²) < 4.78 is 37.6. The Balaban J connectivity index is 0.00000102. The minimum Gasteiger partial charge on any atom is -0.726 e. The third-order valence-corrected chi connectivity index (χ3v) is 8.82. The molecule has 0 saturated carbocycles.